The van der Waals surface area contributed by atoms with Crippen molar-refractivity contribution < 1.29 is 9.53 Å². The number of amides is 1. The van der Waals surface area contributed by atoms with Gasteiger partial charge in [0.1, 0.15) is 0 Å². The fourth-order valence-electron chi connectivity index (χ4n) is 2.22. The third-order valence-electron chi connectivity index (χ3n) is 3.20. The van der Waals surface area contributed by atoms with Gasteiger partial charge >= 0.3 is 0 Å². The highest BCUT2D eigenvalue weighted by atomic mass is 79.9. The number of halogens is 1. The van der Waals surface area contributed by atoms with E-state index in [2.05, 4.69) is 21.2 Å². The Morgan fingerprint density at radius 3 is 2.67 bits per heavy atom. The second-order valence-electron chi connectivity index (χ2n) is 4.67. The first-order chi connectivity index (χ1) is 8.67. The number of hydrogen-bond donors (Lipinski definition) is 1. The maximum atomic E-state index is 11.8. The largest absolute Gasteiger partial charge is 0.378 e. The van der Waals surface area contributed by atoms with E-state index in [1.165, 1.54) is 0 Å². The van der Waals surface area contributed by atoms with Gasteiger partial charge in [-0.25, -0.2) is 0 Å². The third-order valence-corrected chi connectivity index (χ3v) is 3.73. The van der Waals surface area contributed by atoms with Gasteiger partial charge in [0.2, 0.25) is 5.91 Å². The van der Waals surface area contributed by atoms with Crippen LogP contribution in [-0.2, 0) is 9.53 Å². The van der Waals surface area contributed by atoms with Crippen LogP contribution in [0.4, 0.5) is 5.69 Å². The van der Waals surface area contributed by atoms with Crippen molar-refractivity contribution in [1.82, 2.24) is 0 Å². The molecule has 0 atom stereocenters. The van der Waals surface area contributed by atoms with Crippen molar-refractivity contribution in [2.24, 2.45) is 5.92 Å². The molecule has 98 valence electrons. The first kappa shape index (κ1) is 13.6. The molecule has 2 rings (SSSR count). The van der Waals surface area contributed by atoms with E-state index in [4.69, 9.17) is 4.74 Å². The van der Waals surface area contributed by atoms with Crippen LogP contribution >= 0.6 is 15.9 Å². The van der Waals surface area contributed by atoms with Gasteiger partial charge in [0.25, 0.3) is 0 Å². The van der Waals surface area contributed by atoms with E-state index in [1.807, 2.05) is 31.2 Å². The van der Waals surface area contributed by atoms with Gasteiger partial charge in [-0.1, -0.05) is 15.9 Å². The molecule has 1 N–H and O–H groups in total. The Morgan fingerprint density at radius 1 is 1.39 bits per heavy atom. The lowest BCUT2D eigenvalue weighted by Gasteiger charge is -2.34. The van der Waals surface area contributed by atoms with Gasteiger partial charge in [0.05, 0.1) is 6.10 Å². The van der Waals surface area contributed by atoms with E-state index in [0.29, 0.717) is 18.4 Å². The summed E-state index contributed by atoms with van der Waals surface area (Å²) in [6.07, 6.45) is 3.00. The maximum absolute atomic E-state index is 11.8. The first-order valence-corrected chi connectivity index (χ1v) is 7.13. The van der Waals surface area contributed by atoms with Crippen molar-refractivity contribution in [2.75, 3.05) is 11.9 Å². The summed E-state index contributed by atoms with van der Waals surface area (Å²) >= 11 is 3.37. The Balaban J connectivity index is 1.72. The van der Waals surface area contributed by atoms with Gasteiger partial charge in [-0.2, -0.15) is 0 Å². The average molecular weight is 312 g/mol. The van der Waals surface area contributed by atoms with Crippen molar-refractivity contribution in [3.8, 4) is 0 Å². The van der Waals surface area contributed by atoms with E-state index in [1.54, 1.807) is 0 Å². The van der Waals surface area contributed by atoms with Crippen LogP contribution in [0, 0.1) is 5.92 Å². The molecule has 0 radical (unpaired) electrons. The van der Waals surface area contributed by atoms with E-state index in [9.17, 15) is 4.79 Å². The number of hydrogen-bond acceptors (Lipinski definition) is 2. The molecule has 18 heavy (non-hydrogen) atoms. The second kappa shape index (κ2) is 6.34. The summed E-state index contributed by atoms with van der Waals surface area (Å²) in [6, 6.07) is 7.63. The lowest BCUT2D eigenvalue weighted by Crippen LogP contribution is -2.33. The molecular formula is C14H18BrNO2. The van der Waals surface area contributed by atoms with E-state index in [-0.39, 0.29) is 5.91 Å². The number of ether oxygens (including phenoxy) is 1. The number of benzene rings is 1. The predicted molar refractivity (Wildman–Crippen MR) is 75.5 cm³/mol. The fourth-order valence-corrected chi connectivity index (χ4v) is 2.48. The molecule has 3 nitrogen and oxygen atoms in total. The van der Waals surface area contributed by atoms with E-state index >= 15 is 0 Å². The number of carbonyl (C=O) groups excluding carboxylic acids is 1. The molecule has 1 aromatic carbocycles. The summed E-state index contributed by atoms with van der Waals surface area (Å²) in [4.78, 5) is 11.8. The summed E-state index contributed by atoms with van der Waals surface area (Å²) in [5.74, 6) is 0.578. The van der Waals surface area contributed by atoms with Gasteiger partial charge in [-0.15, -0.1) is 0 Å². The number of nitrogens with one attached hydrogen (secondary N) is 1. The van der Waals surface area contributed by atoms with Crippen LogP contribution in [0.1, 0.15) is 26.2 Å². The molecule has 1 aliphatic rings. The van der Waals surface area contributed by atoms with Crippen LogP contribution in [-0.4, -0.2) is 18.6 Å². The molecule has 0 aromatic heterocycles. The summed E-state index contributed by atoms with van der Waals surface area (Å²) in [7, 11) is 0. The zero-order valence-electron chi connectivity index (χ0n) is 10.5. The summed E-state index contributed by atoms with van der Waals surface area (Å²) in [5, 5.41) is 2.91. The molecule has 1 aliphatic carbocycles. The Morgan fingerprint density at radius 2 is 2.06 bits per heavy atom. The van der Waals surface area contributed by atoms with Gasteiger partial charge in [0, 0.05) is 23.2 Å². The minimum atomic E-state index is 0.0947. The molecule has 0 bridgehead atoms. The lowest BCUT2D eigenvalue weighted by atomic mass is 9.80. The Bertz CT molecular complexity index is 399. The molecule has 1 aromatic rings. The maximum Gasteiger partial charge on any atom is 0.224 e. The Hall–Kier alpha value is -0.870. The molecule has 1 saturated carbocycles. The van der Waals surface area contributed by atoms with Crippen LogP contribution in [0.3, 0.4) is 0 Å². The van der Waals surface area contributed by atoms with E-state index < -0.39 is 0 Å². The van der Waals surface area contributed by atoms with E-state index in [0.717, 1.165) is 29.6 Å². The quantitative estimate of drug-likeness (QED) is 0.902. The van der Waals surface area contributed by atoms with Crippen molar-refractivity contribution in [2.45, 2.75) is 32.3 Å². The van der Waals surface area contributed by atoms with Crippen LogP contribution in [0.25, 0.3) is 0 Å². The number of anilines is 1. The molecule has 0 spiro atoms. The zero-order valence-corrected chi connectivity index (χ0v) is 12.1. The molecular weight excluding hydrogens is 294 g/mol. The summed E-state index contributed by atoms with van der Waals surface area (Å²) in [5.41, 5.74) is 0.851. The van der Waals surface area contributed by atoms with Gasteiger partial charge in [-0.05, 0) is 49.9 Å². The highest BCUT2D eigenvalue weighted by Crippen LogP contribution is 2.32. The summed E-state index contributed by atoms with van der Waals surface area (Å²) < 4.78 is 6.50. The standard InChI is InChI=1S/C14H18BrNO2/c1-2-18-13-7-10(8-13)9-14(17)16-12-5-3-11(15)4-6-12/h3-6,10,13H,2,7-9H2,1H3,(H,16,17). The molecule has 0 heterocycles. The molecule has 4 heteroatoms. The highest BCUT2D eigenvalue weighted by Gasteiger charge is 2.30. The highest BCUT2D eigenvalue weighted by molar-refractivity contribution is 9.10. The monoisotopic (exact) mass is 311 g/mol. The fraction of sp³-hybridized carbons (Fsp3) is 0.500. The smallest absolute Gasteiger partial charge is 0.224 e. The third kappa shape index (κ3) is 3.82. The minimum Gasteiger partial charge on any atom is -0.378 e. The van der Waals surface area contributed by atoms with Crippen molar-refractivity contribution in [3.05, 3.63) is 28.7 Å². The minimum absolute atomic E-state index is 0.0947. The van der Waals surface area contributed by atoms with Crippen molar-refractivity contribution in [3.63, 3.8) is 0 Å². The van der Waals surface area contributed by atoms with Crippen LogP contribution in [0.15, 0.2) is 28.7 Å². The van der Waals surface area contributed by atoms with Crippen LogP contribution in [0.2, 0.25) is 0 Å². The van der Waals surface area contributed by atoms with Crippen molar-refractivity contribution >= 4 is 27.5 Å². The van der Waals surface area contributed by atoms with Crippen LogP contribution < -0.4 is 5.32 Å². The van der Waals surface area contributed by atoms with Crippen molar-refractivity contribution in [1.29, 1.82) is 0 Å². The molecule has 0 saturated heterocycles. The van der Waals surface area contributed by atoms with Gasteiger partial charge < -0.3 is 10.1 Å². The molecule has 0 aliphatic heterocycles. The SMILES string of the molecule is CCOC1CC(CC(=O)Nc2ccc(Br)cc2)C1. The second-order valence-corrected chi connectivity index (χ2v) is 5.59. The number of carbonyl (C=O) groups is 1. The Kier molecular flexibility index (Phi) is 4.78. The van der Waals surface area contributed by atoms with Gasteiger partial charge in [0.15, 0.2) is 0 Å². The molecule has 1 fully saturated rings. The normalized spacial score (nSPS) is 22.3. The zero-order chi connectivity index (χ0) is 13.0. The predicted octanol–water partition coefficient (Wildman–Crippen LogP) is 3.59. The lowest BCUT2D eigenvalue weighted by molar-refractivity contribution is -0.119. The molecule has 0 unspecified atom stereocenters. The topological polar surface area (TPSA) is 38.3 Å². The molecule has 1 amide bonds. The van der Waals surface area contributed by atoms with Crippen LogP contribution in [0.5, 0.6) is 0 Å². The average Bonchev–Trinajstić information content (AvgIpc) is 2.29. The first-order valence-electron chi connectivity index (χ1n) is 6.34. The summed E-state index contributed by atoms with van der Waals surface area (Å²) in [6.45, 7) is 2.77. The number of rotatable bonds is 5. The van der Waals surface area contributed by atoms with Gasteiger partial charge in [-0.3, -0.25) is 4.79 Å². The Labute approximate surface area is 116 Å².